The molecule has 0 radical (unpaired) electrons. The van der Waals surface area contributed by atoms with Crippen LogP contribution in [-0.2, 0) is 14.3 Å². The number of rotatable bonds is 41. The molecule has 1 heterocycles. The van der Waals surface area contributed by atoms with Crippen LogP contribution in [0, 0.1) is 5.92 Å². The molecule has 11 nitrogen and oxygen atoms in total. The first-order valence-corrected chi connectivity index (χ1v) is 24.8. The fraction of sp³-hybridized carbons (Fsp3) is 0.979. The van der Waals surface area contributed by atoms with Crippen LogP contribution >= 0.6 is 0 Å². The summed E-state index contributed by atoms with van der Waals surface area (Å²) >= 11 is 0. The standard InChI is InChI=1S/C48H95NO10/c1-4-6-7-8-9-10-11-12-13-14-15-16-17-18-19-22-26-29-32-35-41(52)47(57)49-39(37-58-48-46(56)45(55)44(54)42(36-50)59-48)43(53)40(51)34-31-28-25-23-20-21-24-27-30-33-38(3)5-2/h38-46,48,50-56H,4-37H2,1-3H3,(H,49,57). The highest BCUT2D eigenvalue weighted by Gasteiger charge is 2.44. The molecule has 1 amide bonds. The molecule has 10 atom stereocenters. The van der Waals surface area contributed by atoms with Gasteiger partial charge < -0.3 is 50.5 Å². The molecule has 0 aromatic carbocycles. The Labute approximate surface area is 360 Å². The van der Waals surface area contributed by atoms with Gasteiger partial charge >= 0.3 is 0 Å². The largest absolute Gasteiger partial charge is 0.394 e. The molecule has 0 aromatic heterocycles. The quantitative estimate of drug-likeness (QED) is 0.0277. The van der Waals surface area contributed by atoms with Gasteiger partial charge in [-0.25, -0.2) is 0 Å². The zero-order valence-electron chi connectivity index (χ0n) is 38.2. The molecule has 0 bridgehead atoms. The van der Waals surface area contributed by atoms with Crippen molar-refractivity contribution in [2.24, 2.45) is 5.92 Å². The predicted molar refractivity (Wildman–Crippen MR) is 238 cm³/mol. The van der Waals surface area contributed by atoms with Gasteiger partial charge in [-0.2, -0.15) is 0 Å². The maximum atomic E-state index is 13.1. The third-order valence-electron chi connectivity index (χ3n) is 12.7. The summed E-state index contributed by atoms with van der Waals surface area (Å²) in [5, 5.41) is 75.8. The van der Waals surface area contributed by atoms with Gasteiger partial charge in [0.25, 0.3) is 0 Å². The number of nitrogens with one attached hydrogen (secondary N) is 1. The summed E-state index contributed by atoms with van der Waals surface area (Å²) in [7, 11) is 0. The van der Waals surface area contributed by atoms with E-state index in [1.54, 1.807) is 0 Å². The Morgan fingerprint density at radius 3 is 1.41 bits per heavy atom. The lowest BCUT2D eigenvalue weighted by Gasteiger charge is -2.40. The minimum Gasteiger partial charge on any atom is -0.394 e. The molecule has 11 heteroatoms. The summed E-state index contributed by atoms with van der Waals surface area (Å²) < 4.78 is 11.1. The molecule has 0 aliphatic carbocycles. The van der Waals surface area contributed by atoms with Crippen molar-refractivity contribution < 1.29 is 50.0 Å². The molecular weight excluding hydrogens is 751 g/mol. The first-order valence-electron chi connectivity index (χ1n) is 24.8. The Bertz CT molecular complexity index is 943. The van der Waals surface area contributed by atoms with Crippen LogP contribution in [0.5, 0.6) is 0 Å². The van der Waals surface area contributed by atoms with E-state index in [-0.39, 0.29) is 6.42 Å². The van der Waals surface area contributed by atoms with Gasteiger partial charge in [0.2, 0.25) is 5.91 Å². The van der Waals surface area contributed by atoms with Gasteiger partial charge in [0, 0.05) is 0 Å². The second kappa shape index (κ2) is 37.6. The van der Waals surface area contributed by atoms with Crippen LogP contribution in [0.1, 0.15) is 226 Å². The number of amides is 1. The van der Waals surface area contributed by atoms with Crippen molar-refractivity contribution in [2.75, 3.05) is 13.2 Å². The first-order chi connectivity index (χ1) is 28.6. The zero-order chi connectivity index (χ0) is 43.5. The molecule has 1 saturated heterocycles. The Morgan fingerprint density at radius 1 is 0.576 bits per heavy atom. The Morgan fingerprint density at radius 2 is 0.983 bits per heavy atom. The van der Waals surface area contributed by atoms with Crippen LogP contribution in [0.15, 0.2) is 0 Å². The number of aliphatic hydroxyl groups is 7. The van der Waals surface area contributed by atoms with Crippen molar-refractivity contribution in [3.05, 3.63) is 0 Å². The lowest BCUT2D eigenvalue weighted by Crippen LogP contribution is -2.60. The molecule has 1 fully saturated rings. The molecule has 352 valence electrons. The van der Waals surface area contributed by atoms with Gasteiger partial charge in [-0.15, -0.1) is 0 Å². The average Bonchev–Trinajstić information content (AvgIpc) is 3.24. The highest BCUT2D eigenvalue weighted by Crippen LogP contribution is 2.23. The van der Waals surface area contributed by atoms with Crippen molar-refractivity contribution in [2.45, 2.75) is 281 Å². The molecular formula is C48H95NO10. The van der Waals surface area contributed by atoms with E-state index in [1.807, 2.05) is 0 Å². The van der Waals surface area contributed by atoms with E-state index in [9.17, 15) is 40.5 Å². The second-order valence-corrected chi connectivity index (χ2v) is 18.1. The van der Waals surface area contributed by atoms with Crippen molar-refractivity contribution in [1.82, 2.24) is 5.32 Å². The van der Waals surface area contributed by atoms with Crippen molar-refractivity contribution in [1.29, 1.82) is 0 Å². The summed E-state index contributed by atoms with van der Waals surface area (Å²) in [4.78, 5) is 13.1. The number of carbonyl (C=O) groups is 1. The minimum atomic E-state index is -1.66. The summed E-state index contributed by atoms with van der Waals surface area (Å²) in [6.45, 7) is 5.79. The fourth-order valence-electron chi connectivity index (χ4n) is 8.18. The molecule has 0 saturated carbocycles. The smallest absolute Gasteiger partial charge is 0.249 e. The van der Waals surface area contributed by atoms with Gasteiger partial charge in [0.15, 0.2) is 6.29 Å². The van der Waals surface area contributed by atoms with E-state index < -0.39 is 74.2 Å². The second-order valence-electron chi connectivity index (χ2n) is 18.1. The fourth-order valence-corrected chi connectivity index (χ4v) is 8.18. The lowest BCUT2D eigenvalue weighted by atomic mass is 9.98. The van der Waals surface area contributed by atoms with Crippen LogP contribution in [0.2, 0.25) is 0 Å². The van der Waals surface area contributed by atoms with Crippen molar-refractivity contribution in [3.8, 4) is 0 Å². The zero-order valence-corrected chi connectivity index (χ0v) is 38.2. The van der Waals surface area contributed by atoms with E-state index in [4.69, 9.17) is 9.47 Å². The van der Waals surface area contributed by atoms with E-state index in [1.165, 1.54) is 141 Å². The van der Waals surface area contributed by atoms with E-state index in [0.717, 1.165) is 44.4 Å². The summed E-state index contributed by atoms with van der Waals surface area (Å²) in [6.07, 6.45) is 25.8. The van der Waals surface area contributed by atoms with Crippen molar-refractivity contribution in [3.63, 3.8) is 0 Å². The summed E-state index contributed by atoms with van der Waals surface area (Å²) in [5.74, 6) is 0.121. The average molecular weight is 846 g/mol. The van der Waals surface area contributed by atoms with Crippen LogP contribution in [-0.4, -0.2) is 110 Å². The highest BCUT2D eigenvalue weighted by molar-refractivity contribution is 5.80. The number of aliphatic hydroxyl groups excluding tert-OH is 7. The SMILES string of the molecule is CCCCCCCCCCCCCCCCCCCCCC(O)C(=O)NC(COC1OC(CO)C(O)C(O)C1O)C(O)C(O)CCCCCCCCCCCC(C)CC. The highest BCUT2D eigenvalue weighted by atomic mass is 16.7. The topological polar surface area (TPSA) is 189 Å². The number of carbonyl (C=O) groups excluding carboxylic acids is 1. The van der Waals surface area contributed by atoms with Gasteiger partial charge in [-0.1, -0.05) is 213 Å². The van der Waals surface area contributed by atoms with E-state index in [0.29, 0.717) is 19.3 Å². The lowest BCUT2D eigenvalue weighted by molar-refractivity contribution is -0.303. The molecule has 0 spiro atoms. The van der Waals surface area contributed by atoms with Crippen LogP contribution in [0.3, 0.4) is 0 Å². The van der Waals surface area contributed by atoms with E-state index in [2.05, 4.69) is 26.1 Å². The molecule has 1 rings (SSSR count). The Balaban J connectivity index is 2.39. The minimum absolute atomic E-state index is 0.266. The van der Waals surface area contributed by atoms with Crippen LogP contribution in [0.25, 0.3) is 0 Å². The van der Waals surface area contributed by atoms with Crippen molar-refractivity contribution >= 4 is 5.91 Å². The Kier molecular flexibility index (Phi) is 35.8. The van der Waals surface area contributed by atoms with Gasteiger partial charge in [0.05, 0.1) is 25.4 Å². The Hall–Kier alpha value is -0.890. The maximum Gasteiger partial charge on any atom is 0.249 e. The third kappa shape index (κ3) is 27.7. The third-order valence-corrected chi connectivity index (χ3v) is 12.7. The van der Waals surface area contributed by atoms with Crippen LogP contribution < -0.4 is 5.32 Å². The van der Waals surface area contributed by atoms with Crippen LogP contribution in [0.4, 0.5) is 0 Å². The van der Waals surface area contributed by atoms with E-state index >= 15 is 0 Å². The predicted octanol–water partition coefficient (Wildman–Crippen LogP) is 8.53. The van der Waals surface area contributed by atoms with Gasteiger partial charge in [-0.3, -0.25) is 4.79 Å². The number of hydrogen-bond donors (Lipinski definition) is 8. The molecule has 10 unspecified atom stereocenters. The maximum absolute atomic E-state index is 13.1. The summed E-state index contributed by atoms with van der Waals surface area (Å²) in [6, 6.07) is -1.16. The number of unbranched alkanes of at least 4 members (excludes halogenated alkanes) is 26. The van der Waals surface area contributed by atoms with Gasteiger partial charge in [0.1, 0.15) is 36.6 Å². The number of ether oxygens (including phenoxy) is 2. The number of hydrogen-bond acceptors (Lipinski definition) is 10. The molecule has 1 aliphatic rings. The molecule has 8 N–H and O–H groups in total. The molecule has 59 heavy (non-hydrogen) atoms. The normalized spacial score (nSPS) is 22.2. The van der Waals surface area contributed by atoms with Gasteiger partial charge in [-0.05, 0) is 18.8 Å². The summed E-state index contributed by atoms with van der Waals surface area (Å²) in [5.41, 5.74) is 0. The first kappa shape index (κ1) is 56.1. The molecule has 0 aromatic rings. The monoisotopic (exact) mass is 846 g/mol. The molecule has 1 aliphatic heterocycles.